The van der Waals surface area contributed by atoms with Gasteiger partial charge >= 0.3 is 0 Å². The van der Waals surface area contributed by atoms with Gasteiger partial charge in [-0.15, -0.1) is 0 Å². The Bertz CT molecular complexity index is 446. The van der Waals surface area contributed by atoms with Crippen LogP contribution in [0.5, 0.6) is 0 Å². The number of nitrogens with one attached hydrogen (secondary N) is 1. The van der Waals surface area contributed by atoms with Gasteiger partial charge in [0, 0.05) is 5.39 Å². The number of aromatic amines is 1. The number of hydrogen-bond donors (Lipinski definition) is 1. The van der Waals surface area contributed by atoms with Crippen molar-refractivity contribution in [1.82, 2.24) is 10.2 Å². The minimum atomic E-state index is -0.159. The molecule has 2 nitrogen and oxygen atoms in total. The van der Waals surface area contributed by atoms with Crippen molar-refractivity contribution in [2.75, 3.05) is 0 Å². The Hall–Kier alpha value is -1.38. The van der Waals surface area contributed by atoms with Crippen LogP contribution < -0.4 is 0 Å². The Balaban J connectivity index is 0.000000531. The topological polar surface area (TPSA) is 28.7 Å². The molecule has 0 bridgehead atoms. The molecule has 3 heteroatoms. The van der Waals surface area contributed by atoms with E-state index in [0.29, 0.717) is 0 Å². The van der Waals surface area contributed by atoms with Crippen molar-refractivity contribution in [2.24, 2.45) is 0 Å². The van der Waals surface area contributed by atoms with Crippen molar-refractivity contribution in [1.29, 1.82) is 0 Å². The number of hydrogen-bond acceptors (Lipinski definition) is 1. The summed E-state index contributed by atoms with van der Waals surface area (Å²) in [5, 5.41) is 7.70. The molecule has 1 aromatic heterocycles. The highest BCUT2D eigenvalue weighted by molar-refractivity contribution is 5.83. The van der Waals surface area contributed by atoms with Crippen LogP contribution in [-0.2, 0) is 6.42 Å². The van der Waals surface area contributed by atoms with E-state index < -0.39 is 0 Å². The highest BCUT2D eigenvalue weighted by Gasteiger charge is 2.09. The van der Waals surface area contributed by atoms with Crippen molar-refractivity contribution in [3.8, 4) is 0 Å². The van der Waals surface area contributed by atoms with Crippen LogP contribution in [0.15, 0.2) is 12.3 Å². The third-order valence-corrected chi connectivity index (χ3v) is 2.43. The third kappa shape index (κ3) is 2.01. The molecule has 1 heterocycles. The zero-order chi connectivity index (χ0) is 11.4. The normalized spacial score (nSPS) is 9.93. The minimum absolute atomic E-state index is 0.159. The second-order valence-electron chi connectivity index (χ2n) is 3.15. The van der Waals surface area contributed by atoms with Crippen molar-refractivity contribution in [2.45, 2.75) is 34.1 Å². The second-order valence-corrected chi connectivity index (χ2v) is 3.15. The van der Waals surface area contributed by atoms with Gasteiger partial charge in [-0.05, 0) is 30.5 Å². The molecule has 0 aliphatic heterocycles. The Morgan fingerprint density at radius 2 is 2.07 bits per heavy atom. The lowest BCUT2D eigenvalue weighted by molar-refractivity contribution is 0.617. The van der Waals surface area contributed by atoms with Gasteiger partial charge < -0.3 is 0 Å². The van der Waals surface area contributed by atoms with Crippen molar-refractivity contribution >= 4 is 10.9 Å². The van der Waals surface area contributed by atoms with Crippen LogP contribution in [0.2, 0.25) is 0 Å². The van der Waals surface area contributed by atoms with Gasteiger partial charge in [-0.3, -0.25) is 5.10 Å². The molecule has 0 atom stereocenters. The first-order valence-electron chi connectivity index (χ1n) is 5.35. The number of rotatable bonds is 1. The maximum absolute atomic E-state index is 13.3. The number of nitrogens with zero attached hydrogens (tertiary/aromatic N) is 1. The molecule has 0 saturated carbocycles. The Labute approximate surface area is 89.5 Å². The van der Waals surface area contributed by atoms with E-state index in [4.69, 9.17) is 0 Å². The van der Waals surface area contributed by atoms with E-state index >= 15 is 0 Å². The lowest BCUT2D eigenvalue weighted by atomic mass is 10.0. The van der Waals surface area contributed by atoms with Gasteiger partial charge in [-0.25, -0.2) is 4.39 Å². The Kier molecular flexibility index (Phi) is 3.83. The zero-order valence-electron chi connectivity index (χ0n) is 9.69. The van der Waals surface area contributed by atoms with Crippen molar-refractivity contribution in [3.05, 3.63) is 29.2 Å². The molecule has 0 aliphatic carbocycles. The molecule has 0 amide bonds. The first kappa shape index (κ1) is 11.7. The van der Waals surface area contributed by atoms with E-state index in [2.05, 4.69) is 10.2 Å². The molecule has 0 radical (unpaired) electrons. The maximum Gasteiger partial charge on any atom is 0.128 e. The van der Waals surface area contributed by atoms with Crippen molar-refractivity contribution in [3.63, 3.8) is 0 Å². The molecule has 2 rings (SSSR count). The first-order valence-corrected chi connectivity index (χ1v) is 5.35. The number of H-pyrrole nitrogens is 1. The molecule has 1 aromatic carbocycles. The summed E-state index contributed by atoms with van der Waals surface area (Å²) in [7, 11) is 0. The SMILES string of the molecule is CC.CCc1c(C)c(F)cc2[nH]ncc12. The molecule has 0 spiro atoms. The van der Waals surface area contributed by atoms with E-state index in [1.807, 2.05) is 20.8 Å². The molecule has 0 saturated heterocycles. The summed E-state index contributed by atoms with van der Waals surface area (Å²) >= 11 is 0. The largest absolute Gasteiger partial charge is 0.278 e. The Morgan fingerprint density at radius 1 is 1.40 bits per heavy atom. The number of aryl methyl sites for hydroxylation is 1. The highest BCUT2D eigenvalue weighted by atomic mass is 19.1. The van der Waals surface area contributed by atoms with Gasteiger partial charge in [-0.1, -0.05) is 20.8 Å². The fourth-order valence-corrected chi connectivity index (χ4v) is 1.68. The van der Waals surface area contributed by atoms with Crippen LogP contribution >= 0.6 is 0 Å². The molecule has 0 fully saturated rings. The Morgan fingerprint density at radius 3 is 2.67 bits per heavy atom. The van der Waals surface area contributed by atoms with Gasteiger partial charge in [0.25, 0.3) is 0 Å². The quantitative estimate of drug-likeness (QED) is 0.762. The number of fused-ring (bicyclic) bond motifs is 1. The second kappa shape index (κ2) is 4.91. The molecule has 82 valence electrons. The molecule has 0 unspecified atom stereocenters. The number of aromatic nitrogens is 2. The summed E-state index contributed by atoms with van der Waals surface area (Å²) in [5.74, 6) is -0.159. The summed E-state index contributed by atoms with van der Waals surface area (Å²) in [5.41, 5.74) is 2.56. The summed E-state index contributed by atoms with van der Waals surface area (Å²) in [6.45, 7) is 7.83. The molecule has 1 N–H and O–H groups in total. The predicted molar refractivity (Wildman–Crippen MR) is 61.5 cm³/mol. The van der Waals surface area contributed by atoms with Gasteiger partial charge in [0.05, 0.1) is 11.7 Å². The summed E-state index contributed by atoms with van der Waals surface area (Å²) in [6.07, 6.45) is 2.58. The smallest absolute Gasteiger partial charge is 0.128 e. The fraction of sp³-hybridized carbons (Fsp3) is 0.417. The van der Waals surface area contributed by atoms with Crippen LogP contribution in [0.1, 0.15) is 31.9 Å². The molecule has 2 aromatic rings. The van der Waals surface area contributed by atoms with E-state index in [1.54, 1.807) is 13.1 Å². The minimum Gasteiger partial charge on any atom is -0.278 e. The fourth-order valence-electron chi connectivity index (χ4n) is 1.68. The van der Waals surface area contributed by atoms with Crippen LogP contribution in [0.4, 0.5) is 4.39 Å². The maximum atomic E-state index is 13.3. The molecular weight excluding hydrogens is 191 g/mol. The lowest BCUT2D eigenvalue weighted by Crippen LogP contribution is -1.92. The van der Waals surface area contributed by atoms with E-state index in [1.165, 1.54) is 6.07 Å². The molecule has 15 heavy (non-hydrogen) atoms. The highest BCUT2D eigenvalue weighted by Crippen LogP contribution is 2.23. The van der Waals surface area contributed by atoms with E-state index in [0.717, 1.165) is 28.5 Å². The summed E-state index contributed by atoms with van der Waals surface area (Å²) in [4.78, 5) is 0. The van der Waals surface area contributed by atoms with Crippen LogP contribution in [0, 0.1) is 12.7 Å². The van der Waals surface area contributed by atoms with Crippen LogP contribution in [0.25, 0.3) is 10.9 Å². The van der Waals surface area contributed by atoms with Gasteiger partial charge in [-0.2, -0.15) is 5.10 Å². The van der Waals surface area contributed by atoms with Crippen molar-refractivity contribution < 1.29 is 4.39 Å². The van der Waals surface area contributed by atoms with E-state index in [9.17, 15) is 4.39 Å². The average molecular weight is 208 g/mol. The summed E-state index contributed by atoms with van der Waals surface area (Å²) < 4.78 is 13.3. The number of benzene rings is 1. The summed E-state index contributed by atoms with van der Waals surface area (Å²) in [6, 6.07) is 1.50. The first-order chi connectivity index (χ1) is 7.24. The van der Waals surface area contributed by atoms with Gasteiger partial charge in [0.1, 0.15) is 5.82 Å². The van der Waals surface area contributed by atoms with E-state index in [-0.39, 0.29) is 5.82 Å². The average Bonchev–Trinajstić information content (AvgIpc) is 2.70. The third-order valence-electron chi connectivity index (χ3n) is 2.43. The van der Waals surface area contributed by atoms with Crippen LogP contribution in [-0.4, -0.2) is 10.2 Å². The zero-order valence-corrected chi connectivity index (χ0v) is 9.69. The van der Waals surface area contributed by atoms with Crippen LogP contribution in [0.3, 0.4) is 0 Å². The lowest BCUT2D eigenvalue weighted by Gasteiger charge is -2.04. The molecular formula is C12H17FN2. The molecule has 0 aliphatic rings. The monoisotopic (exact) mass is 208 g/mol. The predicted octanol–water partition coefficient (Wildman–Crippen LogP) is 3.60. The number of halogens is 1. The standard InChI is InChI=1S/C10H11FN2.C2H6/c1-3-7-6(2)9(11)4-10-8(7)5-12-13-10;1-2/h4-5H,3H2,1-2H3,(H,12,13);1-2H3. The van der Waals surface area contributed by atoms with Gasteiger partial charge in [0.15, 0.2) is 0 Å². The van der Waals surface area contributed by atoms with Gasteiger partial charge in [0.2, 0.25) is 0 Å².